The summed E-state index contributed by atoms with van der Waals surface area (Å²) in [5.41, 5.74) is 2.13. The van der Waals surface area contributed by atoms with E-state index in [1.807, 2.05) is 12.3 Å². The number of aromatic nitrogens is 1. The van der Waals surface area contributed by atoms with Gasteiger partial charge < -0.3 is 19.8 Å². The third-order valence-electron chi connectivity index (χ3n) is 4.12. The first kappa shape index (κ1) is 14.4. The van der Waals surface area contributed by atoms with Crippen LogP contribution in [0.15, 0.2) is 12.3 Å². The number of anilines is 1. The van der Waals surface area contributed by atoms with Crippen LogP contribution in [-0.2, 0) is 20.7 Å². The highest BCUT2D eigenvalue weighted by molar-refractivity contribution is 5.48. The molecule has 0 bridgehead atoms. The molecule has 1 aromatic rings. The minimum Gasteiger partial charge on any atom is -0.467 e. The van der Waals surface area contributed by atoms with Crippen LogP contribution in [0.1, 0.15) is 18.5 Å². The summed E-state index contributed by atoms with van der Waals surface area (Å²) in [5.74, 6) is 0. The first-order valence-electron chi connectivity index (χ1n) is 7.68. The van der Waals surface area contributed by atoms with Gasteiger partial charge in [-0.2, -0.15) is 0 Å². The number of carbonyl (C=O) groups is 1. The van der Waals surface area contributed by atoms with Gasteiger partial charge in [0.1, 0.15) is 0 Å². The molecule has 1 saturated heterocycles. The summed E-state index contributed by atoms with van der Waals surface area (Å²) in [6.45, 7) is 4.61. The van der Waals surface area contributed by atoms with Crippen molar-refractivity contribution in [2.24, 2.45) is 0 Å². The molecule has 0 spiro atoms. The number of nitrogens with one attached hydrogen (secondary N) is 2. The molecule has 1 aliphatic carbocycles. The van der Waals surface area contributed by atoms with E-state index in [0.717, 1.165) is 43.7 Å². The van der Waals surface area contributed by atoms with Gasteiger partial charge in [-0.25, -0.2) is 0 Å². The maximum atomic E-state index is 10.2. The summed E-state index contributed by atoms with van der Waals surface area (Å²) < 4.78 is 10.6. The summed E-state index contributed by atoms with van der Waals surface area (Å²) in [6.07, 6.45) is 5.52. The zero-order chi connectivity index (χ0) is 14.5. The van der Waals surface area contributed by atoms with Crippen molar-refractivity contribution in [3.8, 4) is 0 Å². The van der Waals surface area contributed by atoms with E-state index in [-0.39, 0.29) is 6.10 Å². The highest BCUT2D eigenvalue weighted by Gasteiger charge is 2.32. The van der Waals surface area contributed by atoms with Crippen molar-refractivity contribution in [1.82, 2.24) is 9.88 Å². The fraction of sp³-hybridized carbons (Fsp3) is 0.667. The molecule has 21 heavy (non-hydrogen) atoms. The quantitative estimate of drug-likeness (QED) is 0.553. The van der Waals surface area contributed by atoms with Crippen molar-refractivity contribution >= 4 is 12.2 Å². The summed E-state index contributed by atoms with van der Waals surface area (Å²) >= 11 is 0. The Morgan fingerprint density at radius 3 is 3.24 bits per heavy atom. The molecule has 1 atom stereocenters. The van der Waals surface area contributed by atoms with Crippen molar-refractivity contribution < 1.29 is 14.3 Å². The predicted molar refractivity (Wildman–Crippen MR) is 79.3 cm³/mol. The molecule has 1 aliphatic heterocycles. The van der Waals surface area contributed by atoms with E-state index in [1.54, 1.807) is 0 Å². The Balaban J connectivity index is 1.45. The third kappa shape index (κ3) is 3.98. The lowest BCUT2D eigenvalue weighted by Gasteiger charge is -2.33. The van der Waals surface area contributed by atoms with Crippen LogP contribution < -0.4 is 5.32 Å². The number of rotatable bonds is 8. The summed E-state index contributed by atoms with van der Waals surface area (Å²) in [7, 11) is 0. The topological polar surface area (TPSA) is 66.6 Å². The first-order chi connectivity index (χ1) is 10.4. The van der Waals surface area contributed by atoms with Crippen LogP contribution in [0, 0.1) is 0 Å². The van der Waals surface area contributed by atoms with E-state index < -0.39 is 0 Å². The molecular weight excluding hydrogens is 270 g/mol. The molecule has 1 aromatic heterocycles. The number of hydrogen-bond donors (Lipinski definition) is 2. The average Bonchev–Trinajstić information content (AvgIpc) is 3.27. The molecule has 2 aliphatic rings. The van der Waals surface area contributed by atoms with Crippen LogP contribution in [0.25, 0.3) is 0 Å². The van der Waals surface area contributed by atoms with E-state index >= 15 is 0 Å². The van der Waals surface area contributed by atoms with Crippen molar-refractivity contribution in [3.63, 3.8) is 0 Å². The number of ether oxygens (including phenoxy) is 2. The second kappa shape index (κ2) is 6.95. The van der Waals surface area contributed by atoms with Crippen LogP contribution in [0.5, 0.6) is 0 Å². The molecule has 0 radical (unpaired) electrons. The number of aromatic amines is 1. The highest BCUT2D eigenvalue weighted by atomic mass is 16.5. The lowest BCUT2D eigenvalue weighted by atomic mass is 10.2. The number of nitrogens with zero attached hydrogens (tertiary/aromatic N) is 1. The number of carbonyl (C=O) groups excluding carboxylic acids is 1. The Kier molecular flexibility index (Phi) is 4.77. The molecule has 2 fully saturated rings. The number of morpholine rings is 1. The van der Waals surface area contributed by atoms with Gasteiger partial charge >= 0.3 is 0 Å². The van der Waals surface area contributed by atoms with Crippen LogP contribution in [0.4, 0.5) is 5.69 Å². The van der Waals surface area contributed by atoms with Crippen molar-refractivity contribution in [3.05, 3.63) is 18.0 Å². The van der Waals surface area contributed by atoms with Crippen LogP contribution in [0.3, 0.4) is 0 Å². The minimum absolute atomic E-state index is 0.244. The van der Waals surface area contributed by atoms with Crippen LogP contribution >= 0.6 is 0 Å². The van der Waals surface area contributed by atoms with Gasteiger partial charge in [0.05, 0.1) is 25.0 Å². The Morgan fingerprint density at radius 1 is 1.52 bits per heavy atom. The minimum atomic E-state index is 0.244. The maximum Gasteiger partial charge on any atom is 0.293 e. The Hall–Kier alpha value is -1.53. The second-order valence-electron chi connectivity index (χ2n) is 5.69. The SMILES string of the molecule is O=COCCc1[nH]ccc1NCC1CN(C2CC2)CCO1. The highest BCUT2D eigenvalue weighted by Crippen LogP contribution is 2.28. The maximum absolute atomic E-state index is 10.2. The molecule has 6 nitrogen and oxygen atoms in total. The normalized spacial score (nSPS) is 23.0. The second-order valence-corrected chi connectivity index (χ2v) is 5.69. The Labute approximate surface area is 124 Å². The van der Waals surface area contributed by atoms with Gasteiger partial charge in [-0.1, -0.05) is 0 Å². The smallest absolute Gasteiger partial charge is 0.293 e. The molecule has 0 amide bonds. The van der Waals surface area contributed by atoms with Crippen molar-refractivity contribution in [1.29, 1.82) is 0 Å². The fourth-order valence-corrected chi connectivity index (χ4v) is 2.85. The van der Waals surface area contributed by atoms with E-state index in [1.165, 1.54) is 12.8 Å². The summed E-state index contributed by atoms with van der Waals surface area (Å²) in [6, 6.07) is 2.82. The van der Waals surface area contributed by atoms with Gasteiger partial charge in [-0.3, -0.25) is 9.69 Å². The van der Waals surface area contributed by atoms with Crippen molar-refractivity contribution in [2.75, 3.05) is 38.2 Å². The van der Waals surface area contributed by atoms with Gasteiger partial charge in [0, 0.05) is 44.0 Å². The van der Waals surface area contributed by atoms with Gasteiger partial charge in [0.15, 0.2) is 0 Å². The van der Waals surface area contributed by atoms with E-state index in [2.05, 4.69) is 15.2 Å². The molecule has 2 heterocycles. The molecule has 2 N–H and O–H groups in total. The lowest BCUT2D eigenvalue weighted by molar-refractivity contribution is -0.128. The zero-order valence-corrected chi connectivity index (χ0v) is 12.2. The Bertz CT molecular complexity index is 459. The zero-order valence-electron chi connectivity index (χ0n) is 12.2. The Morgan fingerprint density at radius 2 is 2.43 bits per heavy atom. The average molecular weight is 293 g/mol. The summed E-state index contributed by atoms with van der Waals surface area (Å²) in [4.78, 5) is 15.9. The largest absolute Gasteiger partial charge is 0.467 e. The van der Waals surface area contributed by atoms with E-state index in [9.17, 15) is 4.79 Å². The molecule has 3 rings (SSSR count). The number of H-pyrrole nitrogens is 1. The molecule has 0 aromatic carbocycles. The van der Waals surface area contributed by atoms with E-state index in [0.29, 0.717) is 19.5 Å². The lowest BCUT2D eigenvalue weighted by Crippen LogP contribution is -2.46. The van der Waals surface area contributed by atoms with Crippen molar-refractivity contribution in [2.45, 2.75) is 31.4 Å². The molecular formula is C15H23N3O3. The van der Waals surface area contributed by atoms with Gasteiger partial charge in [0.2, 0.25) is 0 Å². The first-order valence-corrected chi connectivity index (χ1v) is 7.68. The van der Waals surface area contributed by atoms with Crippen LogP contribution in [0.2, 0.25) is 0 Å². The molecule has 1 unspecified atom stereocenters. The molecule has 6 heteroatoms. The summed E-state index contributed by atoms with van der Waals surface area (Å²) in [5, 5.41) is 3.44. The fourth-order valence-electron chi connectivity index (χ4n) is 2.85. The van der Waals surface area contributed by atoms with Gasteiger partial charge in [-0.05, 0) is 18.9 Å². The number of hydrogen-bond acceptors (Lipinski definition) is 5. The monoisotopic (exact) mass is 293 g/mol. The molecule has 116 valence electrons. The van der Waals surface area contributed by atoms with Crippen LogP contribution in [-0.4, -0.2) is 61.3 Å². The van der Waals surface area contributed by atoms with Gasteiger partial charge in [-0.15, -0.1) is 0 Å². The van der Waals surface area contributed by atoms with Gasteiger partial charge in [0.25, 0.3) is 6.47 Å². The standard InChI is InChI=1S/C15H23N3O3/c19-11-20-7-4-15-14(3-5-16-15)17-9-13-10-18(6-8-21-13)12-1-2-12/h3,5,11-13,16-17H,1-2,4,6-10H2. The molecule has 1 saturated carbocycles. The predicted octanol–water partition coefficient (Wildman–Crippen LogP) is 1.01. The third-order valence-corrected chi connectivity index (χ3v) is 4.12. The van der Waals surface area contributed by atoms with E-state index in [4.69, 9.17) is 9.47 Å².